The first kappa shape index (κ1) is 20.9. The second-order valence-corrected chi connectivity index (χ2v) is 9.25. The molecule has 2 heterocycles. The molecule has 0 aliphatic carbocycles. The van der Waals surface area contributed by atoms with Gasteiger partial charge in [-0.1, -0.05) is 13.8 Å². The molecule has 4 N–H and O–H groups in total. The molecule has 1 aromatic carbocycles. The summed E-state index contributed by atoms with van der Waals surface area (Å²) in [6.07, 6.45) is 1.17. The number of fused-ring (bicyclic) bond motifs is 1. The molecule has 0 saturated carbocycles. The fraction of sp³-hybridized carbons (Fsp3) is 0.235. The van der Waals surface area contributed by atoms with Crippen molar-refractivity contribution in [2.45, 2.75) is 13.8 Å². The van der Waals surface area contributed by atoms with Crippen molar-refractivity contribution in [3.8, 4) is 0 Å². The lowest BCUT2D eigenvalue weighted by atomic mass is 10.2. The van der Waals surface area contributed by atoms with Crippen molar-refractivity contribution in [2.24, 2.45) is 5.92 Å². The maximum Gasteiger partial charge on any atom is 0.258 e. The van der Waals surface area contributed by atoms with Crippen LogP contribution in [0.15, 0.2) is 23.8 Å². The number of hydrogen-bond donors (Lipinski definition) is 3. The van der Waals surface area contributed by atoms with Crippen LogP contribution in [-0.2, 0) is 10.0 Å². The quantitative estimate of drug-likeness (QED) is 0.539. The lowest BCUT2D eigenvalue weighted by Crippen LogP contribution is -2.21. The molecule has 0 unspecified atom stereocenters. The van der Waals surface area contributed by atoms with Crippen LogP contribution in [0.1, 0.15) is 24.2 Å². The second-order valence-electron chi connectivity index (χ2n) is 6.60. The molecule has 3 rings (SSSR count). The van der Waals surface area contributed by atoms with E-state index in [2.05, 4.69) is 20.0 Å². The molecule has 0 saturated heterocycles. The predicted octanol–water partition coefficient (Wildman–Crippen LogP) is 3.20. The van der Waals surface area contributed by atoms with Crippen LogP contribution in [0.25, 0.3) is 10.2 Å². The number of benzene rings is 1. The minimum absolute atomic E-state index is 0.0590. The third-order valence-electron chi connectivity index (χ3n) is 3.77. The average Bonchev–Trinajstić information content (AvgIpc) is 3.05. The van der Waals surface area contributed by atoms with E-state index in [9.17, 15) is 22.0 Å². The van der Waals surface area contributed by atoms with Crippen LogP contribution in [0.5, 0.6) is 0 Å². The van der Waals surface area contributed by atoms with Gasteiger partial charge in [0.25, 0.3) is 5.91 Å². The van der Waals surface area contributed by atoms with Gasteiger partial charge in [-0.3, -0.25) is 9.52 Å². The molecular formula is C17H17F2N5O3S2. The fourth-order valence-electron chi connectivity index (χ4n) is 2.60. The zero-order valence-electron chi connectivity index (χ0n) is 15.4. The molecule has 0 atom stereocenters. The Morgan fingerprint density at radius 2 is 2.00 bits per heavy atom. The van der Waals surface area contributed by atoms with Crippen molar-refractivity contribution in [1.82, 2.24) is 9.97 Å². The number of carbonyl (C=O) groups excluding carboxylic acids is 1. The number of rotatable bonds is 6. The summed E-state index contributed by atoms with van der Waals surface area (Å²) in [6, 6.07) is 1.81. The number of anilines is 3. The van der Waals surface area contributed by atoms with Crippen LogP contribution in [0.3, 0.4) is 0 Å². The topological polar surface area (TPSA) is 127 Å². The molecule has 0 spiro atoms. The number of carbonyl (C=O) groups is 1. The number of thiophene rings is 1. The van der Waals surface area contributed by atoms with Gasteiger partial charge in [0.2, 0.25) is 10.0 Å². The van der Waals surface area contributed by atoms with Crippen molar-refractivity contribution >= 4 is 54.7 Å². The maximum atomic E-state index is 14.8. The third kappa shape index (κ3) is 4.43. The minimum Gasteiger partial charge on any atom is -0.382 e. The van der Waals surface area contributed by atoms with Crippen molar-refractivity contribution in [3.05, 3.63) is 41.0 Å². The third-order valence-corrected chi connectivity index (χ3v) is 6.40. The zero-order valence-corrected chi connectivity index (χ0v) is 17.0. The number of hydrogen-bond acceptors (Lipinski definition) is 7. The SMILES string of the molecule is CC(C)CS(=O)(=O)Nc1ccc(F)c(NC(=O)c2csc3c(N)ncnc23)c1F. The molecule has 2 aromatic heterocycles. The van der Waals surface area contributed by atoms with Gasteiger partial charge in [0.15, 0.2) is 5.82 Å². The molecule has 3 aromatic rings. The highest BCUT2D eigenvalue weighted by atomic mass is 32.2. The summed E-state index contributed by atoms with van der Waals surface area (Å²) in [4.78, 5) is 20.4. The average molecular weight is 441 g/mol. The van der Waals surface area contributed by atoms with Crippen molar-refractivity contribution in [1.29, 1.82) is 0 Å². The maximum absolute atomic E-state index is 14.8. The van der Waals surface area contributed by atoms with Gasteiger partial charge in [0.1, 0.15) is 23.6 Å². The van der Waals surface area contributed by atoms with Crippen LogP contribution in [0.4, 0.5) is 26.0 Å². The van der Waals surface area contributed by atoms with Crippen LogP contribution >= 0.6 is 11.3 Å². The molecule has 0 fully saturated rings. The molecule has 154 valence electrons. The molecular weight excluding hydrogens is 424 g/mol. The summed E-state index contributed by atoms with van der Waals surface area (Å²) in [5.74, 6) is -3.38. The first-order chi connectivity index (χ1) is 13.6. The van der Waals surface area contributed by atoms with Crippen molar-refractivity contribution in [3.63, 3.8) is 0 Å². The van der Waals surface area contributed by atoms with E-state index in [0.29, 0.717) is 4.70 Å². The van der Waals surface area contributed by atoms with Crippen molar-refractivity contribution in [2.75, 3.05) is 21.5 Å². The van der Waals surface area contributed by atoms with Gasteiger partial charge < -0.3 is 11.1 Å². The molecule has 8 nitrogen and oxygen atoms in total. The summed E-state index contributed by atoms with van der Waals surface area (Å²) in [6.45, 7) is 3.38. The smallest absolute Gasteiger partial charge is 0.258 e. The summed E-state index contributed by atoms with van der Waals surface area (Å²) >= 11 is 1.11. The Morgan fingerprint density at radius 1 is 1.28 bits per heavy atom. The largest absolute Gasteiger partial charge is 0.382 e. The van der Waals surface area contributed by atoms with E-state index in [1.165, 1.54) is 11.7 Å². The molecule has 0 aliphatic heterocycles. The predicted molar refractivity (Wildman–Crippen MR) is 108 cm³/mol. The Bertz CT molecular complexity index is 1200. The normalized spacial score (nSPS) is 11.8. The molecule has 29 heavy (non-hydrogen) atoms. The molecule has 0 radical (unpaired) electrons. The Kier molecular flexibility index (Phi) is 5.66. The number of amides is 1. The van der Waals surface area contributed by atoms with Gasteiger partial charge in [-0.05, 0) is 18.1 Å². The highest BCUT2D eigenvalue weighted by Gasteiger charge is 2.22. The Hall–Kier alpha value is -2.86. The van der Waals surface area contributed by atoms with Crippen LogP contribution < -0.4 is 15.8 Å². The van der Waals surface area contributed by atoms with Crippen LogP contribution in [0, 0.1) is 17.6 Å². The first-order valence-electron chi connectivity index (χ1n) is 8.36. The van der Waals surface area contributed by atoms with Gasteiger partial charge >= 0.3 is 0 Å². The highest BCUT2D eigenvalue weighted by molar-refractivity contribution is 7.92. The summed E-state index contributed by atoms with van der Waals surface area (Å²) in [5.41, 5.74) is 4.78. The Morgan fingerprint density at radius 3 is 2.69 bits per heavy atom. The lowest BCUT2D eigenvalue weighted by molar-refractivity contribution is 0.102. The number of aromatic nitrogens is 2. The van der Waals surface area contributed by atoms with E-state index < -0.39 is 38.9 Å². The number of nitrogens with two attached hydrogens (primary N) is 1. The minimum atomic E-state index is -3.85. The number of sulfonamides is 1. The van der Waals surface area contributed by atoms with E-state index in [1.54, 1.807) is 13.8 Å². The summed E-state index contributed by atoms with van der Waals surface area (Å²) in [7, 11) is -3.85. The number of nitrogens with zero attached hydrogens (tertiary/aromatic N) is 2. The zero-order chi connectivity index (χ0) is 21.3. The molecule has 12 heteroatoms. The summed E-state index contributed by atoms with van der Waals surface area (Å²) < 4.78 is 55.6. The van der Waals surface area contributed by atoms with E-state index in [4.69, 9.17) is 5.73 Å². The Labute approximate surface area is 169 Å². The van der Waals surface area contributed by atoms with Gasteiger partial charge in [-0.25, -0.2) is 27.2 Å². The Balaban J connectivity index is 1.92. The highest BCUT2D eigenvalue weighted by Crippen LogP contribution is 2.30. The standard InChI is InChI=1S/C17H17F2N5O3S2/c1-8(2)6-29(26,27)24-11-4-3-10(18)14(12(11)19)23-17(25)9-5-28-15-13(9)21-7-22-16(15)20/h3-5,7-8,24H,6H2,1-2H3,(H,23,25)(H2,20,21,22). The van der Waals surface area contributed by atoms with Gasteiger partial charge in [-0.2, -0.15) is 0 Å². The van der Waals surface area contributed by atoms with Crippen LogP contribution in [-0.4, -0.2) is 30.0 Å². The number of halogens is 2. The van der Waals surface area contributed by atoms with Crippen LogP contribution in [0.2, 0.25) is 0 Å². The van der Waals surface area contributed by atoms with Gasteiger partial charge in [-0.15, -0.1) is 11.3 Å². The second kappa shape index (κ2) is 7.87. The van der Waals surface area contributed by atoms with Crippen molar-refractivity contribution < 1.29 is 22.0 Å². The fourth-order valence-corrected chi connectivity index (χ4v) is 4.96. The van der Waals surface area contributed by atoms with E-state index in [1.807, 2.05) is 0 Å². The monoisotopic (exact) mass is 441 g/mol. The molecule has 0 aliphatic rings. The van der Waals surface area contributed by atoms with Gasteiger partial charge in [0, 0.05) is 5.38 Å². The lowest BCUT2D eigenvalue weighted by Gasteiger charge is -2.14. The molecule has 0 bridgehead atoms. The molecule has 1 amide bonds. The number of nitrogen functional groups attached to an aromatic ring is 1. The van der Waals surface area contributed by atoms with E-state index in [0.717, 1.165) is 23.5 Å². The van der Waals surface area contributed by atoms with Gasteiger partial charge in [0.05, 0.1) is 27.2 Å². The van der Waals surface area contributed by atoms with E-state index in [-0.39, 0.29) is 28.6 Å². The first-order valence-corrected chi connectivity index (χ1v) is 10.9. The van der Waals surface area contributed by atoms with E-state index >= 15 is 0 Å². The summed E-state index contributed by atoms with van der Waals surface area (Å²) in [5, 5.41) is 3.58. The number of nitrogens with one attached hydrogen (secondary N) is 2.